The lowest BCUT2D eigenvalue weighted by molar-refractivity contribution is -0.124. The molecule has 0 saturated carbocycles. The maximum Gasteiger partial charge on any atom is 0.237 e. The van der Waals surface area contributed by atoms with Gasteiger partial charge >= 0.3 is 0 Å². The second-order valence-electron chi connectivity index (χ2n) is 4.42. The van der Waals surface area contributed by atoms with E-state index in [1.54, 1.807) is 0 Å². The van der Waals surface area contributed by atoms with Crippen LogP contribution in [0.3, 0.4) is 0 Å². The van der Waals surface area contributed by atoms with E-state index in [1.165, 1.54) is 0 Å². The Bertz CT molecular complexity index is 161. The summed E-state index contributed by atoms with van der Waals surface area (Å²) in [7, 11) is 0. The van der Waals surface area contributed by atoms with Crippen LogP contribution >= 0.6 is 0 Å². The normalized spacial score (nSPS) is 13.9. The highest BCUT2D eigenvalue weighted by Crippen LogP contribution is 1.99. The Kier molecular flexibility index (Phi) is 4.99. The number of carbonyl (C=O) groups is 1. The molecule has 0 aliphatic heterocycles. The van der Waals surface area contributed by atoms with E-state index < -0.39 is 0 Å². The SMILES string of the molecule is CCCNC(C)C(=O)NC(C)(C)C. The highest BCUT2D eigenvalue weighted by atomic mass is 16.2. The predicted molar refractivity (Wildman–Crippen MR) is 55.7 cm³/mol. The molecule has 0 radical (unpaired) electrons. The van der Waals surface area contributed by atoms with E-state index in [-0.39, 0.29) is 17.5 Å². The van der Waals surface area contributed by atoms with Crippen molar-refractivity contribution in [3.8, 4) is 0 Å². The van der Waals surface area contributed by atoms with Crippen LogP contribution in [0.1, 0.15) is 41.0 Å². The highest BCUT2D eigenvalue weighted by Gasteiger charge is 2.17. The summed E-state index contributed by atoms with van der Waals surface area (Å²) >= 11 is 0. The van der Waals surface area contributed by atoms with Crippen LogP contribution in [0.4, 0.5) is 0 Å². The average molecular weight is 186 g/mol. The van der Waals surface area contributed by atoms with Gasteiger partial charge in [-0.1, -0.05) is 6.92 Å². The van der Waals surface area contributed by atoms with Crippen LogP contribution in [0.5, 0.6) is 0 Å². The Morgan fingerprint density at radius 3 is 2.31 bits per heavy atom. The van der Waals surface area contributed by atoms with Gasteiger partial charge in [0.25, 0.3) is 0 Å². The fraction of sp³-hybridized carbons (Fsp3) is 0.900. The van der Waals surface area contributed by atoms with Crippen molar-refractivity contribution in [2.24, 2.45) is 0 Å². The van der Waals surface area contributed by atoms with Crippen LogP contribution in [0, 0.1) is 0 Å². The minimum atomic E-state index is -0.140. The zero-order chi connectivity index (χ0) is 10.5. The summed E-state index contributed by atoms with van der Waals surface area (Å²) in [4.78, 5) is 11.5. The monoisotopic (exact) mass is 186 g/mol. The van der Waals surface area contributed by atoms with Gasteiger partial charge in [0.2, 0.25) is 5.91 Å². The van der Waals surface area contributed by atoms with Crippen molar-refractivity contribution in [2.45, 2.75) is 52.6 Å². The molecular formula is C10H22N2O. The number of carbonyl (C=O) groups excluding carboxylic acids is 1. The molecule has 0 aromatic rings. The first kappa shape index (κ1) is 12.4. The second-order valence-corrected chi connectivity index (χ2v) is 4.42. The van der Waals surface area contributed by atoms with E-state index >= 15 is 0 Å². The van der Waals surface area contributed by atoms with Crippen molar-refractivity contribution in [3.05, 3.63) is 0 Å². The Morgan fingerprint density at radius 2 is 1.92 bits per heavy atom. The first-order valence-corrected chi connectivity index (χ1v) is 4.92. The molecule has 0 rings (SSSR count). The first-order chi connectivity index (χ1) is 5.87. The predicted octanol–water partition coefficient (Wildman–Crippen LogP) is 1.29. The summed E-state index contributed by atoms with van der Waals surface area (Å²) in [5.41, 5.74) is -0.140. The number of hydrogen-bond acceptors (Lipinski definition) is 2. The van der Waals surface area contributed by atoms with Gasteiger partial charge in [-0.3, -0.25) is 4.79 Å². The number of amides is 1. The minimum absolute atomic E-state index is 0.0703. The second kappa shape index (κ2) is 5.22. The van der Waals surface area contributed by atoms with Crippen LogP contribution in [0.15, 0.2) is 0 Å². The van der Waals surface area contributed by atoms with Crippen molar-refractivity contribution in [2.75, 3.05) is 6.54 Å². The fourth-order valence-corrected chi connectivity index (χ4v) is 0.931. The number of hydrogen-bond donors (Lipinski definition) is 2. The molecule has 3 nitrogen and oxygen atoms in total. The molecule has 0 spiro atoms. The van der Waals surface area contributed by atoms with Gasteiger partial charge in [-0.25, -0.2) is 0 Å². The van der Waals surface area contributed by atoms with Gasteiger partial charge in [0.15, 0.2) is 0 Å². The van der Waals surface area contributed by atoms with Gasteiger partial charge in [0.05, 0.1) is 6.04 Å². The highest BCUT2D eigenvalue weighted by molar-refractivity contribution is 5.81. The van der Waals surface area contributed by atoms with Crippen molar-refractivity contribution in [3.63, 3.8) is 0 Å². The van der Waals surface area contributed by atoms with Crippen LogP contribution < -0.4 is 10.6 Å². The number of rotatable bonds is 4. The van der Waals surface area contributed by atoms with Gasteiger partial charge < -0.3 is 10.6 Å². The molecule has 0 saturated heterocycles. The van der Waals surface area contributed by atoms with Crippen molar-refractivity contribution >= 4 is 5.91 Å². The first-order valence-electron chi connectivity index (χ1n) is 4.92. The molecule has 0 aromatic heterocycles. The topological polar surface area (TPSA) is 41.1 Å². The molecule has 1 amide bonds. The van der Waals surface area contributed by atoms with Gasteiger partial charge in [0.1, 0.15) is 0 Å². The molecule has 0 aliphatic rings. The van der Waals surface area contributed by atoms with Crippen molar-refractivity contribution in [1.82, 2.24) is 10.6 Å². The molecule has 0 bridgehead atoms. The van der Waals surface area contributed by atoms with E-state index in [1.807, 2.05) is 27.7 Å². The molecule has 78 valence electrons. The lowest BCUT2D eigenvalue weighted by atomic mass is 10.1. The van der Waals surface area contributed by atoms with E-state index in [0.717, 1.165) is 13.0 Å². The average Bonchev–Trinajstić information content (AvgIpc) is 1.96. The molecule has 1 atom stereocenters. The summed E-state index contributed by atoms with van der Waals surface area (Å²) < 4.78 is 0. The summed E-state index contributed by atoms with van der Waals surface area (Å²) in [6.45, 7) is 10.8. The van der Waals surface area contributed by atoms with Crippen LogP contribution in [-0.2, 0) is 4.79 Å². The summed E-state index contributed by atoms with van der Waals surface area (Å²) in [6.07, 6.45) is 1.05. The molecular weight excluding hydrogens is 164 g/mol. The van der Waals surface area contributed by atoms with E-state index in [9.17, 15) is 4.79 Å². The summed E-state index contributed by atoms with van der Waals surface area (Å²) in [5, 5.41) is 6.07. The van der Waals surface area contributed by atoms with Crippen LogP contribution in [-0.4, -0.2) is 24.0 Å². The van der Waals surface area contributed by atoms with E-state index in [4.69, 9.17) is 0 Å². The lowest BCUT2D eigenvalue weighted by Crippen LogP contribution is -2.49. The summed E-state index contributed by atoms with van der Waals surface area (Å²) in [6, 6.07) is -0.0980. The molecule has 1 unspecified atom stereocenters. The third-order valence-electron chi connectivity index (χ3n) is 1.59. The lowest BCUT2D eigenvalue weighted by Gasteiger charge is -2.23. The molecule has 3 heteroatoms. The van der Waals surface area contributed by atoms with E-state index in [0.29, 0.717) is 0 Å². The van der Waals surface area contributed by atoms with E-state index in [2.05, 4.69) is 17.6 Å². The van der Waals surface area contributed by atoms with Gasteiger partial charge in [-0.2, -0.15) is 0 Å². The summed E-state index contributed by atoms with van der Waals surface area (Å²) in [5.74, 6) is 0.0703. The van der Waals surface area contributed by atoms with Gasteiger partial charge in [0, 0.05) is 5.54 Å². The standard InChI is InChI=1S/C10H22N2O/c1-6-7-11-8(2)9(13)12-10(3,4)5/h8,11H,6-7H2,1-5H3,(H,12,13). The largest absolute Gasteiger partial charge is 0.350 e. The molecule has 0 heterocycles. The smallest absolute Gasteiger partial charge is 0.237 e. The third kappa shape index (κ3) is 6.58. The minimum Gasteiger partial charge on any atom is -0.350 e. The molecule has 2 N–H and O–H groups in total. The van der Waals surface area contributed by atoms with Crippen molar-refractivity contribution < 1.29 is 4.79 Å². The molecule has 0 aliphatic carbocycles. The Morgan fingerprint density at radius 1 is 1.38 bits per heavy atom. The quantitative estimate of drug-likeness (QED) is 0.694. The van der Waals surface area contributed by atoms with Gasteiger partial charge in [-0.05, 0) is 40.7 Å². The zero-order valence-electron chi connectivity index (χ0n) is 9.40. The maximum absolute atomic E-state index is 11.5. The van der Waals surface area contributed by atoms with Gasteiger partial charge in [-0.15, -0.1) is 0 Å². The van der Waals surface area contributed by atoms with Crippen molar-refractivity contribution in [1.29, 1.82) is 0 Å². The Labute approximate surface area is 81.3 Å². The van der Waals surface area contributed by atoms with Crippen LogP contribution in [0.2, 0.25) is 0 Å². The Balaban J connectivity index is 3.83. The maximum atomic E-state index is 11.5. The zero-order valence-corrected chi connectivity index (χ0v) is 9.40. The molecule has 0 fully saturated rings. The van der Waals surface area contributed by atoms with Crippen LogP contribution in [0.25, 0.3) is 0 Å². The molecule has 13 heavy (non-hydrogen) atoms. The molecule has 0 aromatic carbocycles. The fourth-order valence-electron chi connectivity index (χ4n) is 0.931. The third-order valence-corrected chi connectivity index (χ3v) is 1.59. The number of nitrogens with one attached hydrogen (secondary N) is 2. The Hall–Kier alpha value is -0.570.